The molecule has 1 amide bonds. The number of primary amides is 1. The lowest BCUT2D eigenvalue weighted by Gasteiger charge is -2.01. The number of carbonyl (C=O) groups is 1. The van der Waals surface area contributed by atoms with Crippen LogP contribution in [-0.4, -0.2) is 17.4 Å². The average molecular weight is 217 g/mol. The summed E-state index contributed by atoms with van der Waals surface area (Å²) in [5.74, 6) is -0.272. The van der Waals surface area contributed by atoms with E-state index in [0.717, 1.165) is 12.1 Å². The van der Waals surface area contributed by atoms with Gasteiger partial charge in [-0.15, -0.1) is 0 Å². The normalized spacial score (nSPS) is 10.8. The first-order chi connectivity index (χ1) is 7.77. The van der Waals surface area contributed by atoms with Crippen LogP contribution in [0.1, 0.15) is 12.0 Å². The zero-order chi connectivity index (χ0) is 11.4. The van der Waals surface area contributed by atoms with Crippen molar-refractivity contribution in [1.82, 2.24) is 10.3 Å². The predicted molar refractivity (Wildman–Crippen MR) is 63.8 cm³/mol. The third-order valence-corrected chi connectivity index (χ3v) is 2.54. The molecule has 4 N–H and O–H groups in total. The number of hydrogen-bond donors (Lipinski definition) is 3. The molecule has 0 spiro atoms. The molecule has 2 aromatic rings. The van der Waals surface area contributed by atoms with E-state index in [1.165, 1.54) is 10.9 Å². The topological polar surface area (TPSA) is 70.9 Å². The van der Waals surface area contributed by atoms with Gasteiger partial charge in [-0.2, -0.15) is 0 Å². The largest absolute Gasteiger partial charge is 0.370 e. The Balaban J connectivity index is 1.97. The van der Waals surface area contributed by atoms with Gasteiger partial charge in [-0.05, 0) is 11.6 Å². The number of para-hydroxylation sites is 1. The first-order valence-corrected chi connectivity index (χ1v) is 5.31. The van der Waals surface area contributed by atoms with Crippen molar-refractivity contribution in [3.8, 4) is 0 Å². The average Bonchev–Trinajstić information content (AvgIpc) is 2.68. The maximum absolute atomic E-state index is 10.5. The van der Waals surface area contributed by atoms with Crippen LogP contribution in [0, 0.1) is 0 Å². The SMILES string of the molecule is NC(=O)CCNCc1c[nH]c2ccccc12. The van der Waals surface area contributed by atoms with E-state index >= 15 is 0 Å². The van der Waals surface area contributed by atoms with Crippen molar-refractivity contribution in [3.05, 3.63) is 36.0 Å². The highest BCUT2D eigenvalue weighted by Gasteiger charge is 2.02. The van der Waals surface area contributed by atoms with Gasteiger partial charge in [-0.3, -0.25) is 4.79 Å². The maximum atomic E-state index is 10.5. The molecular formula is C12H15N3O. The number of fused-ring (bicyclic) bond motifs is 1. The molecule has 84 valence electrons. The van der Waals surface area contributed by atoms with Crippen LogP contribution in [0.2, 0.25) is 0 Å². The van der Waals surface area contributed by atoms with Crippen LogP contribution < -0.4 is 11.1 Å². The Morgan fingerprint density at radius 1 is 1.38 bits per heavy atom. The second-order valence-corrected chi connectivity index (χ2v) is 3.75. The Hall–Kier alpha value is -1.81. The molecule has 0 bridgehead atoms. The van der Waals surface area contributed by atoms with Gasteiger partial charge in [0.15, 0.2) is 0 Å². The molecular weight excluding hydrogens is 202 g/mol. The molecule has 16 heavy (non-hydrogen) atoms. The molecule has 0 fully saturated rings. The number of rotatable bonds is 5. The Morgan fingerprint density at radius 2 is 2.19 bits per heavy atom. The minimum absolute atomic E-state index is 0.272. The fraction of sp³-hybridized carbons (Fsp3) is 0.250. The number of H-pyrrole nitrogens is 1. The van der Waals surface area contributed by atoms with Crippen LogP contribution in [0.5, 0.6) is 0 Å². The first kappa shape index (κ1) is 10.7. The predicted octanol–water partition coefficient (Wildman–Crippen LogP) is 1.13. The van der Waals surface area contributed by atoms with E-state index in [4.69, 9.17) is 5.73 Å². The fourth-order valence-corrected chi connectivity index (χ4v) is 1.71. The molecule has 4 nitrogen and oxygen atoms in total. The van der Waals surface area contributed by atoms with Gasteiger partial charge in [0.05, 0.1) is 0 Å². The summed E-state index contributed by atoms with van der Waals surface area (Å²) in [7, 11) is 0. The number of amides is 1. The minimum atomic E-state index is -0.272. The summed E-state index contributed by atoms with van der Waals surface area (Å²) < 4.78 is 0. The summed E-state index contributed by atoms with van der Waals surface area (Å²) in [5.41, 5.74) is 7.40. The minimum Gasteiger partial charge on any atom is -0.370 e. The van der Waals surface area contributed by atoms with E-state index in [2.05, 4.69) is 16.4 Å². The van der Waals surface area contributed by atoms with E-state index in [0.29, 0.717) is 13.0 Å². The van der Waals surface area contributed by atoms with Gasteiger partial charge in [0.25, 0.3) is 0 Å². The molecule has 0 aliphatic heterocycles. The molecule has 0 saturated heterocycles. The van der Waals surface area contributed by atoms with Crippen LogP contribution in [0.15, 0.2) is 30.5 Å². The van der Waals surface area contributed by atoms with Gasteiger partial charge in [0.2, 0.25) is 5.91 Å². The standard InChI is InChI=1S/C12H15N3O/c13-12(16)5-6-14-7-9-8-15-11-4-2-1-3-10(9)11/h1-4,8,14-15H,5-7H2,(H2,13,16). The zero-order valence-electron chi connectivity index (χ0n) is 8.99. The van der Waals surface area contributed by atoms with Crippen LogP contribution in [0.3, 0.4) is 0 Å². The summed E-state index contributed by atoms with van der Waals surface area (Å²) >= 11 is 0. The van der Waals surface area contributed by atoms with Crippen molar-refractivity contribution in [2.24, 2.45) is 5.73 Å². The zero-order valence-corrected chi connectivity index (χ0v) is 8.99. The number of nitrogens with two attached hydrogens (primary N) is 1. The fourth-order valence-electron chi connectivity index (χ4n) is 1.71. The Bertz CT molecular complexity index is 490. The molecule has 0 unspecified atom stereocenters. The summed E-state index contributed by atoms with van der Waals surface area (Å²) in [6.45, 7) is 1.37. The highest BCUT2D eigenvalue weighted by Crippen LogP contribution is 2.16. The van der Waals surface area contributed by atoms with E-state index in [1.807, 2.05) is 24.4 Å². The number of nitrogens with one attached hydrogen (secondary N) is 2. The van der Waals surface area contributed by atoms with E-state index < -0.39 is 0 Å². The lowest BCUT2D eigenvalue weighted by atomic mass is 10.2. The van der Waals surface area contributed by atoms with Gasteiger partial charge in [0.1, 0.15) is 0 Å². The summed E-state index contributed by atoms with van der Waals surface area (Å²) in [6.07, 6.45) is 2.37. The van der Waals surface area contributed by atoms with Gasteiger partial charge in [0, 0.05) is 36.6 Å². The van der Waals surface area contributed by atoms with Gasteiger partial charge in [-0.25, -0.2) is 0 Å². The van der Waals surface area contributed by atoms with Crippen LogP contribution >= 0.6 is 0 Å². The van der Waals surface area contributed by atoms with E-state index in [1.54, 1.807) is 0 Å². The lowest BCUT2D eigenvalue weighted by Crippen LogP contribution is -2.21. The molecule has 1 aromatic heterocycles. The van der Waals surface area contributed by atoms with E-state index in [-0.39, 0.29) is 5.91 Å². The lowest BCUT2D eigenvalue weighted by molar-refractivity contribution is -0.117. The van der Waals surface area contributed by atoms with Crippen molar-refractivity contribution < 1.29 is 4.79 Å². The van der Waals surface area contributed by atoms with Crippen molar-refractivity contribution in [3.63, 3.8) is 0 Å². The molecule has 0 aliphatic rings. The number of hydrogen-bond acceptors (Lipinski definition) is 2. The second kappa shape index (κ2) is 4.81. The number of carbonyl (C=O) groups excluding carboxylic acids is 1. The number of benzene rings is 1. The highest BCUT2D eigenvalue weighted by atomic mass is 16.1. The van der Waals surface area contributed by atoms with Crippen LogP contribution in [0.4, 0.5) is 0 Å². The van der Waals surface area contributed by atoms with Crippen molar-refractivity contribution in [2.75, 3.05) is 6.54 Å². The Morgan fingerprint density at radius 3 is 3.00 bits per heavy atom. The Labute approximate surface area is 93.8 Å². The van der Waals surface area contributed by atoms with Gasteiger partial charge < -0.3 is 16.0 Å². The van der Waals surface area contributed by atoms with Crippen molar-refractivity contribution >= 4 is 16.8 Å². The Kier molecular flexibility index (Phi) is 3.22. The summed E-state index contributed by atoms with van der Waals surface area (Å²) in [6, 6.07) is 8.14. The molecule has 4 heteroatoms. The number of aromatic nitrogens is 1. The van der Waals surface area contributed by atoms with Crippen LogP contribution in [0.25, 0.3) is 10.9 Å². The molecule has 1 heterocycles. The molecule has 2 rings (SSSR count). The van der Waals surface area contributed by atoms with Crippen LogP contribution in [-0.2, 0) is 11.3 Å². The molecule has 0 atom stereocenters. The van der Waals surface area contributed by atoms with Crippen molar-refractivity contribution in [2.45, 2.75) is 13.0 Å². The van der Waals surface area contributed by atoms with Gasteiger partial charge >= 0.3 is 0 Å². The third kappa shape index (κ3) is 2.41. The molecule has 1 aromatic carbocycles. The van der Waals surface area contributed by atoms with Gasteiger partial charge in [-0.1, -0.05) is 18.2 Å². The first-order valence-electron chi connectivity index (χ1n) is 5.31. The molecule has 0 aliphatic carbocycles. The molecule has 0 saturated carbocycles. The monoisotopic (exact) mass is 217 g/mol. The second-order valence-electron chi connectivity index (χ2n) is 3.75. The quantitative estimate of drug-likeness (QED) is 0.657. The van der Waals surface area contributed by atoms with E-state index in [9.17, 15) is 4.79 Å². The highest BCUT2D eigenvalue weighted by molar-refractivity contribution is 5.82. The summed E-state index contributed by atoms with van der Waals surface area (Å²) in [4.78, 5) is 13.8. The summed E-state index contributed by atoms with van der Waals surface area (Å²) in [5, 5.41) is 4.41. The van der Waals surface area contributed by atoms with Crippen molar-refractivity contribution in [1.29, 1.82) is 0 Å². The number of aromatic amines is 1. The molecule has 0 radical (unpaired) electrons. The maximum Gasteiger partial charge on any atom is 0.218 e. The third-order valence-electron chi connectivity index (χ3n) is 2.54. The smallest absolute Gasteiger partial charge is 0.218 e.